The summed E-state index contributed by atoms with van der Waals surface area (Å²) in [5, 5.41) is 0. The van der Waals surface area contributed by atoms with E-state index >= 15 is 0 Å². The summed E-state index contributed by atoms with van der Waals surface area (Å²) in [6.45, 7) is 4.40. The van der Waals surface area contributed by atoms with E-state index in [0.717, 1.165) is 11.1 Å². The van der Waals surface area contributed by atoms with Gasteiger partial charge in [0.2, 0.25) is 0 Å². The second kappa shape index (κ2) is 6.61. The average molecular weight is 270 g/mol. The third-order valence-electron chi connectivity index (χ3n) is 2.97. The molecule has 0 spiro atoms. The van der Waals surface area contributed by atoms with Crippen LogP contribution in [0, 0.1) is 0 Å². The van der Waals surface area contributed by atoms with E-state index in [2.05, 4.69) is 11.7 Å². The number of nitrogens with zero attached hydrogens (tertiary/aromatic N) is 1. The summed E-state index contributed by atoms with van der Waals surface area (Å²) < 4.78 is 11.1. The Balaban J connectivity index is 2.19. The van der Waals surface area contributed by atoms with Crippen LogP contribution in [0.15, 0.2) is 47.5 Å². The van der Waals surface area contributed by atoms with E-state index in [0.29, 0.717) is 30.3 Å². The molecular formula is C16H18N2O2. The van der Waals surface area contributed by atoms with Gasteiger partial charge in [-0.1, -0.05) is 36.4 Å². The van der Waals surface area contributed by atoms with Gasteiger partial charge in [-0.15, -0.1) is 0 Å². The minimum absolute atomic E-state index is 0.459. The van der Waals surface area contributed by atoms with E-state index in [1.165, 1.54) is 0 Å². The molecule has 0 bridgehead atoms. The number of benzene rings is 2. The minimum atomic E-state index is 0.459. The van der Waals surface area contributed by atoms with Crippen molar-refractivity contribution in [3.63, 3.8) is 0 Å². The molecule has 0 aliphatic rings. The molecule has 0 unspecified atom stereocenters. The van der Waals surface area contributed by atoms with E-state index in [9.17, 15) is 0 Å². The second-order valence-electron chi connectivity index (χ2n) is 4.33. The van der Waals surface area contributed by atoms with Gasteiger partial charge in [-0.2, -0.15) is 0 Å². The molecule has 0 atom stereocenters. The zero-order chi connectivity index (χ0) is 14.4. The number of rotatable bonds is 6. The normalized spacial score (nSPS) is 10.1. The van der Waals surface area contributed by atoms with Crippen LogP contribution in [-0.2, 0) is 13.2 Å². The smallest absolute Gasteiger partial charge is 0.184 e. The molecule has 4 nitrogen and oxygen atoms in total. The van der Waals surface area contributed by atoms with Crippen LogP contribution in [0.3, 0.4) is 0 Å². The molecule has 2 rings (SSSR count). The number of aliphatic imine (C=N–C) groups is 1. The highest BCUT2D eigenvalue weighted by molar-refractivity contribution is 5.65. The topological polar surface area (TPSA) is 56.8 Å². The van der Waals surface area contributed by atoms with Gasteiger partial charge < -0.3 is 15.2 Å². The third-order valence-corrected chi connectivity index (χ3v) is 2.97. The van der Waals surface area contributed by atoms with E-state index in [4.69, 9.17) is 15.2 Å². The minimum Gasteiger partial charge on any atom is -0.491 e. The number of hydrogen-bond donors (Lipinski definition) is 1. The van der Waals surface area contributed by atoms with E-state index in [1.807, 2.05) is 42.5 Å². The molecule has 0 saturated carbocycles. The molecule has 20 heavy (non-hydrogen) atoms. The fourth-order valence-electron chi connectivity index (χ4n) is 1.94. The van der Waals surface area contributed by atoms with Crippen LogP contribution in [-0.4, -0.2) is 13.8 Å². The summed E-state index contributed by atoms with van der Waals surface area (Å²) >= 11 is 0. The maximum absolute atomic E-state index is 6.06. The maximum atomic E-state index is 6.06. The number of methoxy groups -OCH3 is 1. The Labute approximate surface area is 118 Å². The Kier molecular flexibility index (Phi) is 4.60. The fraction of sp³-hybridized carbons (Fsp3) is 0.188. The lowest BCUT2D eigenvalue weighted by molar-refractivity contribution is 0.285. The molecule has 4 heteroatoms. The van der Waals surface area contributed by atoms with Crippen molar-refractivity contribution in [1.82, 2.24) is 0 Å². The van der Waals surface area contributed by atoms with Crippen molar-refractivity contribution in [2.45, 2.75) is 13.2 Å². The summed E-state index contributed by atoms with van der Waals surface area (Å²) in [6.07, 6.45) is 0. The van der Waals surface area contributed by atoms with Crippen molar-refractivity contribution >= 4 is 12.4 Å². The van der Waals surface area contributed by atoms with Crippen molar-refractivity contribution in [1.29, 1.82) is 0 Å². The Bertz CT molecular complexity index is 583. The quantitative estimate of drug-likeness (QED) is 0.648. The molecule has 0 amide bonds. The summed E-state index contributed by atoms with van der Waals surface area (Å²) in [5.41, 5.74) is 8.57. The highest BCUT2D eigenvalue weighted by Crippen LogP contribution is 2.36. The van der Waals surface area contributed by atoms with Crippen molar-refractivity contribution in [2.75, 3.05) is 12.8 Å². The van der Waals surface area contributed by atoms with E-state index < -0.39 is 0 Å². The molecule has 0 aromatic heterocycles. The van der Waals surface area contributed by atoms with Gasteiger partial charge >= 0.3 is 0 Å². The Hall–Kier alpha value is -2.49. The Morgan fingerprint density at radius 3 is 2.55 bits per heavy atom. The monoisotopic (exact) mass is 270 g/mol. The maximum Gasteiger partial charge on any atom is 0.184 e. The summed E-state index contributed by atoms with van der Waals surface area (Å²) in [7, 11) is 1.58. The average Bonchev–Trinajstić information content (AvgIpc) is 2.49. The first kappa shape index (κ1) is 13.9. The van der Waals surface area contributed by atoms with Gasteiger partial charge in [0.1, 0.15) is 6.61 Å². The van der Waals surface area contributed by atoms with Gasteiger partial charge in [-0.3, -0.25) is 4.99 Å². The van der Waals surface area contributed by atoms with Crippen LogP contribution < -0.4 is 15.2 Å². The lowest BCUT2D eigenvalue weighted by Gasteiger charge is -2.14. The third kappa shape index (κ3) is 3.09. The molecule has 2 aromatic rings. The van der Waals surface area contributed by atoms with Gasteiger partial charge in [0.05, 0.1) is 19.3 Å². The number of ether oxygens (including phenoxy) is 2. The van der Waals surface area contributed by atoms with Gasteiger partial charge in [-0.05, 0) is 18.3 Å². The van der Waals surface area contributed by atoms with Gasteiger partial charge in [0, 0.05) is 5.56 Å². The highest BCUT2D eigenvalue weighted by Gasteiger charge is 2.12. The molecule has 0 fully saturated rings. The van der Waals surface area contributed by atoms with E-state index in [-0.39, 0.29) is 0 Å². The SMILES string of the molecule is C=NCc1ccc(OCc2ccccc2)c(OC)c1N. The van der Waals surface area contributed by atoms with Crippen LogP contribution in [0.2, 0.25) is 0 Å². The molecule has 0 aliphatic carbocycles. The van der Waals surface area contributed by atoms with Crippen molar-refractivity contribution in [3.8, 4) is 11.5 Å². The number of nitrogens with two attached hydrogens (primary N) is 1. The van der Waals surface area contributed by atoms with Crippen LogP contribution in [0.4, 0.5) is 5.69 Å². The van der Waals surface area contributed by atoms with Crippen molar-refractivity contribution in [2.24, 2.45) is 4.99 Å². The van der Waals surface area contributed by atoms with Crippen molar-refractivity contribution in [3.05, 3.63) is 53.6 Å². The van der Waals surface area contributed by atoms with Crippen molar-refractivity contribution < 1.29 is 9.47 Å². The molecule has 104 valence electrons. The molecular weight excluding hydrogens is 252 g/mol. The molecule has 0 aliphatic heterocycles. The second-order valence-corrected chi connectivity index (χ2v) is 4.33. The fourth-order valence-corrected chi connectivity index (χ4v) is 1.94. The largest absolute Gasteiger partial charge is 0.491 e. The van der Waals surface area contributed by atoms with E-state index in [1.54, 1.807) is 7.11 Å². The zero-order valence-corrected chi connectivity index (χ0v) is 11.5. The summed E-state index contributed by atoms with van der Waals surface area (Å²) in [4.78, 5) is 3.84. The molecule has 0 saturated heterocycles. The van der Waals surface area contributed by atoms with Crippen LogP contribution in [0.5, 0.6) is 11.5 Å². The molecule has 0 heterocycles. The number of nitrogen functional groups attached to an aromatic ring is 1. The molecule has 2 N–H and O–H groups in total. The Morgan fingerprint density at radius 1 is 1.15 bits per heavy atom. The van der Waals surface area contributed by atoms with Gasteiger partial charge in [0.25, 0.3) is 0 Å². The molecule has 2 aromatic carbocycles. The summed E-state index contributed by atoms with van der Waals surface area (Å²) in [6, 6.07) is 13.7. The zero-order valence-electron chi connectivity index (χ0n) is 11.5. The molecule has 0 radical (unpaired) electrons. The van der Waals surface area contributed by atoms with Crippen LogP contribution >= 0.6 is 0 Å². The lowest BCUT2D eigenvalue weighted by atomic mass is 10.1. The van der Waals surface area contributed by atoms with Gasteiger partial charge in [-0.25, -0.2) is 0 Å². The predicted molar refractivity (Wildman–Crippen MR) is 81.4 cm³/mol. The first-order chi connectivity index (χ1) is 9.76. The number of anilines is 1. The Morgan fingerprint density at radius 2 is 1.90 bits per heavy atom. The van der Waals surface area contributed by atoms with Crippen LogP contribution in [0.1, 0.15) is 11.1 Å². The summed E-state index contributed by atoms with van der Waals surface area (Å²) in [5.74, 6) is 1.17. The highest BCUT2D eigenvalue weighted by atomic mass is 16.5. The number of hydrogen-bond acceptors (Lipinski definition) is 4. The first-order valence-corrected chi connectivity index (χ1v) is 6.30. The first-order valence-electron chi connectivity index (χ1n) is 6.30. The van der Waals surface area contributed by atoms with Gasteiger partial charge in [0.15, 0.2) is 11.5 Å². The standard InChI is InChI=1S/C16H18N2O2/c1-18-10-13-8-9-14(16(19-2)15(13)17)20-11-12-6-4-3-5-7-12/h3-9H,1,10-11,17H2,2H3. The predicted octanol–water partition coefficient (Wildman–Crippen LogP) is 3.06. The van der Waals surface area contributed by atoms with Crippen LogP contribution in [0.25, 0.3) is 0 Å². The lowest BCUT2D eigenvalue weighted by Crippen LogP contribution is -2.02.